The van der Waals surface area contributed by atoms with Crippen molar-refractivity contribution in [1.82, 2.24) is 13.9 Å². The van der Waals surface area contributed by atoms with E-state index in [0.29, 0.717) is 17.1 Å². The molecular formula is C19H16ClN5O4S2. The number of benzene rings is 2. The van der Waals surface area contributed by atoms with Gasteiger partial charge in [0.15, 0.2) is 5.58 Å². The second-order valence-corrected chi connectivity index (χ2v) is 9.32. The molecule has 3 N–H and O–H groups in total. The molecule has 0 radical (unpaired) electrons. The van der Waals surface area contributed by atoms with E-state index in [4.69, 9.17) is 21.8 Å². The number of nitrogens with two attached hydrogens (primary N) is 1. The minimum atomic E-state index is -3.91. The fraction of sp³-hybridized carbons (Fsp3) is 0.105. The van der Waals surface area contributed by atoms with Crippen molar-refractivity contribution in [2.24, 2.45) is 5.73 Å². The van der Waals surface area contributed by atoms with Crippen LogP contribution in [0.1, 0.15) is 11.1 Å². The van der Waals surface area contributed by atoms with Crippen LogP contribution in [0.4, 0.5) is 5.13 Å². The molecule has 0 amide bonds. The molecule has 0 bridgehead atoms. The second kappa shape index (κ2) is 8.63. The Balaban J connectivity index is 1.71. The first-order chi connectivity index (χ1) is 14.9. The van der Waals surface area contributed by atoms with Crippen LogP contribution >= 0.6 is 23.1 Å². The minimum absolute atomic E-state index is 0.0610. The number of rotatable bonds is 7. The van der Waals surface area contributed by atoms with Crippen LogP contribution in [-0.2, 0) is 16.6 Å². The average Bonchev–Trinajstić information content (AvgIpc) is 3.34. The van der Waals surface area contributed by atoms with Gasteiger partial charge in [-0.3, -0.25) is 9.29 Å². The molecule has 160 valence electrons. The van der Waals surface area contributed by atoms with Gasteiger partial charge in [-0.15, -0.1) is 0 Å². The molecular weight excluding hydrogens is 462 g/mol. The zero-order valence-corrected chi connectivity index (χ0v) is 18.2. The number of halogens is 1. The van der Waals surface area contributed by atoms with Gasteiger partial charge in [0.25, 0.3) is 10.0 Å². The molecule has 9 nitrogen and oxygen atoms in total. The summed E-state index contributed by atoms with van der Waals surface area (Å²) in [5.41, 5.74) is 7.80. The van der Waals surface area contributed by atoms with E-state index in [2.05, 4.69) is 14.1 Å². The summed E-state index contributed by atoms with van der Waals surface area (Å²) in [5.74, 6) is -0.606. The number of fused-ring (bicyclic) bond motifs is 1. The van der Waals surface area contributed by atoms with Gasteiger partial charge in [-0.05, 0) is 35.4 Å². The Kier molecular flexibility index (Phi) is 5.92. The van der Waals surface area contributed by atoms with Crippen LogP contribution in [0.2, 0.25) is 5.02 Å². The maximum absolute atomic E-state index is 12.6. The van der Waals surface area contributed by atoms with Gasteiger partial charge >= 0.3 is 5.76 Å². The van der Waals surface area contributed by atoms with E-state index in [1.54, 1.807) is 18.2 Å². The predicted molar refractivity (Wildman–Crippen MR) is 120 cm³/mol. The van der Waals surface area contributed by atoms with Gasteiger partial charge in [-0.25, -0.2) is 18.2 Å². The minimum Gasteiger partial charge on any atom is -0.408 e. The molecule has 12 heteroatoms. The molecule has 0 aliphatic heterocycles. The topological polar surface area (TPSA) is 133 Å². The standard InChI is InChI=1S/C19H16ClN5O4S2/c20-14-4-3-13(12(8-14)2-1-7-21)10-25-16-6-5-15(9-17(16)29-19(25)26)31(27,28)24-18-22-11-23-30-18/h1-6,8-9,11H,7,10,21H2,(H,22,23,24)/b2-1+. The molecule has 0 aliphatic rings. The monoisotopic (exact) mass is 477 g/mol. The molecule has 2 heterocycles. The molecule has 0 saturated heterocycles. The Morgan fingerprint density at radius 1 is 1.26 bits per heavy atom. The smallest absolute Gasteiger partial charge is 0.408 e. The number of anilines is 1. The van der Waals surface area contributed by atoms with Crippen LogP contribution in [0.25, 0.3) is 17.2 Å². The highest BCUT2D eigenvalue weighted by atomic mass is 35.5. The number of nitrogens with one attached hydrogen (secondary N) is 1. The lowest BCUT2D eigenvalue weighted by Gasteiger charge is -2.08. The summed E-state index contributed by atoms with van der Waals surface area (Å²) in [6, 6.07) is 9.55. The third-order valence-electron chi connectivity index (χ3n) is 4.40. The summed E-state index contributed by atoms with van der Waals surface area (Å²) in [4.78, 5) is 16.2. The molecule has 0 aliphatic carbocycles. The van der Waals surface area contributed by atoms with Crippen LogP contribution in [-0.4, -0.2) is 28.9 Å². The number of nitrogens with zero attached hydrogens (tertiary/aromatic N) is 3. The molecule has 4 aromatic rings. The number of hydrogen-bond donors (Lipinski definition) is 2. The summed E-state index contributed by atoms with van der Waals surface area (Å²) < 4.78 is 38.0. The molecule has 31 heavy (non-hydrogen) atoms. The third-order valence-corrected chi connectivity index (χ3v) is 6.68. The van der Waals surface area contributed by atoms with E-state index >= 15 is 0 Å². The number of aromatic nitrogens is 3. The Labute approximate surface area is 186 Å². The summed E-state index contributed by atoms with van der Waals surface area (Å²) in [6.07, 6.45) is 4.87. The van der Waals surface area contributed by atoms with Crippen molar-refractivity contribution in [3.8, 4) is 0 Å². The van der Waals surface area contributed by atoms with Crippen LogP contribution in [0.15, 0.2) is 62.9 Å². The van der Waals surface area contributed by atoms with Gasteiger partial charge < -0.3 is 10.2 Å². The molecule has 0 atom stereocenters. The van der Waals surface area contributed by atoms with E-state index in [0.717, 1.165) is 22.7 Å². The van der Waals surface area contributed by atoms with Crippen molar-refractivity contribution >= 4 is 55.5 Å². The highest BCUT2D eigenvalue weighted by Crippen LogP contribution is 2.24. The van der Waals surface area contributed by atoms with Crippen LogP contribution < -0.4 is 16.2 Å². The maximum atomic E-state index is 12.6. The second-order valence-electron chi connectivity index (χ2n) is 6.42. The Hall–Kier alpha value is -2.99. The zero-order valence-electron chi connectivity index (χ0n) is 15.9. The number of sulfonamides is 1. The first-order valence-electron chi connectivity index (χ1n) is 8.95. The lowest BCUT2D eigenvalue weighted by molar-refractivity contribution is 0.517. The van der Waals surface area contributed by atoms with Gasteiger partial charge in [-0.2, -0.15) is 4.37 Å². The molecule has 2 aromatic heterocycles. The average molecular weight is 478 g/mol. The largest absolute Gasteiger partial charge is 0.420 e. The molecule has 2 aromatic carbocycles. The number of hydrogen-bond acceptors (Lipinski definition) is 8. The van der Waals surface area contributed by atoms with E-state index in [1.807, 2.05) is 12.1 Å². The van der Waals surface area contributed by atoms with Crippen molar-refractivity contribution in [1.29, 1.82) is 0 Å². The van der Waals surface area contributed by atoms with E-state index in [-0.39, 0.29) is 22.2 Å². The van der Waals surface area contributed by atoms with Crippen molar-refractivity contribution < 1.29 is 12.8 Å². The van der Waals surface area contributed by atoms with Crippen molar-refractivity contribution in [2.75, 3.05) is 11.3 Å². The first kappa shape index (κ1) is 21.2. The normalized spacial score (nSPS) is 12.1. The molecule has 0 saturated carbocycles. The van der Waals surface area contributed by atoms with Crippen molar-refractivity contribution in [2.45, 2.75) is 11.4 Å². The zero-order chi connectivity index (χ0) is 22.0. The Morgan fingerprint density at radius 3 is 2.84 bits per heavy atom. The molecule has 0 unspecified atom stereocenters. The Morgan fingerprint density at radius 2 is 2.10 bits per heavy atom. The van der Waals surface area contributed by atoms with Gasteiger partial charge in [0.1, 0.15) is 6.33 Å². The third kappa shape index (κ3) is 4.54. The quantitative estimate of drug-likeness (QED) is 0.418. The molecule has 0 fully saturated rings. The van der Waals surface area contributed by atoms with E-state index in [1.165, 1.54) is 29.1 Å². The summed E-state index contributed by atoms with van der Waals surface area (Å²) in [6.45, 7) is 0.575. The van der Waals surface area contributed by atoms with Crippen LogP contribution in [0.5, 0.6) is 0 Å². The highest BCUT2D eigenvalue weighted by molar-refractivity contribution is 7.93. The lowest BCUT2D eigenvalue weighted by Crippen LogP contribution is -2.15. The van der Waals surface area contributed by atoms with Crippen molar-refractivity contribution in [3.05, 3.63) is 75.5 Å². The fourth-order valence-corrected chi connectivity index (χ4v) is 4.84. The van der Waals surface area contributed by atoms with Gasteiger partial charge in [0, 0.05) is 29.2 Å². The predicted octanol–water partition coefficient (Wildman–Crippen LogP) is 2.92. The number of oxazole rings is 1. The summed E-state index contributed by atoms with van der Waals surface area (Å²) in [7, 11) is -3.91. The maximum Gasteiger partial charge on any atom is 0.420 e. The van der Waals surface area contributed by atoms with Crippen molar-refractivity contribution in [3.63, 3.8) is 0 Å². The molecule has 4 rings (SSSR count). The van der Waals surface area contributed by atoms with Gasteiger partial charge in [-0.1, -0.05) is 29.8 Å². The SMILES string of the molecule is NC/C=C/c1cc(Cl)ccc1Cn1c(=O)oc2cc(S(=O)(=O)Nc3ncns3)ccc21. The van der Waals surface area contributed by atoms with Gasteiger partial charge in [0.05, 0.1) is 17.0 Å². The van der Waals surface area contributed by atoms with Gasteiger partial charge in [0.2, 0.25) is 5.13 Å². The lowest BCUT2D eigenvalue weighted by atomic mass is 10.1. The molecule has 0 spiro atoms. The summed E-state index contributed by atoms with van der Waals surface area (Å²) >= 11 is 7.00. The Bertz CT molecular complexity index is 1430. The first-order valence-corrected chi connectivity index (χ1v) is 11.6. The van der Waals surface area contributed by atoms with E-state index < -0.39 is 15.8 Å². The fourth-order valence-electron chi connectivity index (χ4n) is 2.99. The summed E-state index contributed by atoms with van der Waals surface area (Å²) in [5, 5.41) is 0.697. The van der Waals surface area contributed by atoms with Crippen LogP contribution in [0, 0.1) is 0 Å². The van der Waals surface area contributed by atoms with Crippen LogP contribution in [0.3, 0.4) is 0 Å². The van der Waals surface area contributed by atoms with E-state index in [9.17, 15) is 13.2 Å². The highest BCUT2D eigenvalue weighted by Gasteiger charge is 2.19.